The Hall–Kier alpha value is -8.45. The van der Waals surface area contributed by atoms with Gasteiger partial charge in [-0.25, -0.2) is 14.7 Å². The summed E-state index contributed by atoms with van der Waals surface area (Å²) in [5.41, 5.74) is 3.40. The van der Waals surface area contributed by atoms with Gasteiger partial charge in [-0.3, -0.25) is 24.2 Å². The molecule has 0 bridgehead atoms. The zero-order valence-corrected chi connectivity index (χ0v) is 42.6. The predicted molar refractivity (Wildman–Crippen MR) is 292 cm³/mol. The molecular weight excluding hydrogens is 973 g/mol. The molecule has 0 unspecified atom stereocenters. The smallest absolute Gasteiger partial charge is 0.329 e. The van der Waals surface area contributed by atoms with E-state index in [9.17, 15) is 5.11 Å². The van der Waals surface area contributed by atoms with Gasteiger partial charge >= 0.3 is 12.0 Å². The number of hydrogen-bond donors (Lipinski definition) is 3. The Morgan fingerprint density at radius 3 is 2.20 bits per heavy atom. The fourth-order valence-electron chi connectivity index (χ4n) is 11.4. The summed E-state index contributed by atoms with van der Waals surface area (Å²) in [6, 6.07) is 53.6. The maximum Gasteiger partial charge on any atom is 0.329 e. The van der Waals surface area contributed by atoms with E-state index in [0.717, 1.165) is 26.3 Å². The van der Waals surface area contributed by atoms with E-state index < -0.39 is 65.4 Å². The average Bonchev–Trinajstić information content (AvgIpc) is 4.22. The Balaban J connectivity index is 1.17. The Kier molecular flexibility index (Phi) is 14.0. The van der Waals surface area contributed by atoms with Crippen LogP contribution in [0.25, 0.3) is 10.2 Å². The van der Waals surface area contributed by atoms with Crippen molar-refractivity contribution in [3.05, 3.63) is 227 Å². The molecule has 14 heteroatoms. The van der Waals surface area contributed by atoms with Crippen molar-refractivity contribution in [3.8, 4) is 17.6 Å². The van der Waals surface area contributed by atoms with E-state index in [2.05, 4.69) is 39.5 Å². The minimum Gasteiger partial charge on any atom is -0.491 e. The second-order valence-corrected chi connectivity index (χ2v) is 20.3. The van der Waals surface area contributed by atoms with Crippen molar-refractivity contribution in [3.63, 3.8) is 0 Å². The van der Waals surface area contributed by atoms with Gasteiger partial charge in [0.05, 0.1) is 53.1 Å². The molecule has 0 radical (unpaired) electrons. The highest BCUT2D eigenvalue weighted by atomic mass is 32.1. The van der Waals surface area contributed by atoms with Crippen LogP contribution < -0.4 is 20.3 Å². The molecule has 7 aromatic carbocycles. The van der Waals surface area contributed by atoms with Crippen LogP contribution in [0.15, 0.2) is 188 Å². The molecular formula is C62H54N6O7S. The summed E-state index contributed by atoms with van der Waals surface area (Å²) >= 11 is 1.26. The van der Waals surface area contributed by atoms with Gasteiger partial charge in [-0.05, 0) is 78.2 Å². The van der Waals surface area contributed by atoms with Crippen molar-refractivity contribution in [2.45, 2.75) is 49.2 Å². The van der Waals surface area contributed by atoms with Crippen molar-refractivity contribution in [2.24, 2.45) is 5.92 Å². The van der Waals surface area contributed by atoms with Gasteiger partial charge in [0.25, 0.3) is 0 Å². The zero-order chi connectivity index (χ0) is 52.3. The molecule has 8 aromatic rings. The number of morpholine rings is 1. The lowest BCUT2D eigenvalue weighted by molar-refractivity contribution is -0.177. The highest BCUT2D eigenvalue weighted by Gasteiger charge is 2.76. The number of thiazole rings is 1. The van der Waals surface area contributed by atoms with Crippen molar-refractivity contribution < 1.29 is 33.8 Å². The first-order chi connectivity index (χ1) is 37.1. The molecule has 1 spiro atoms. The van der Waals surface area contributed by atoms with Crippen LogP contribution >= 0.6 is 11.3 Å². The maximum atomic E-state index is 17.0. The van der Waals surface area contributed by atoms with E-state index in [4.69, 9.17) is 14.5 Å². The average molecular weight is 1030 g/mol. The number of ether oxygens (including phenoxy) is 2. The molecule has 13 nitrogen and oxygen atoms in total. The van der Waals surface area contributed by atoms with Crippen molar-refractivity contribution in [1.29, 1.82) is 0 Å². The van der Waals surface area contributed by atoms with Gasteiger partial charge in [0.2, 0.25) is 11.8 Å². The van der Waals surface area contributed by atoms with Gasteiger partial charge in [0.1, 0.15) is 29.9 Å². The van der Waals surface area contributed by atoms with Crippen molar-refractivity contribution in [2.75, 3.05) is 37.0 Å². The van der Waals surface area contributed by atoms with Crippen LogP contribution in [0.3, 0.4) is 0 Å². The van der Waals surface area contributed by atoms with Crippen LogP contribution in [0.4, 0.5) is 15.6 Å². The molecule has 3 N–H and O–H groups in total. The zero-order valence-electron chi connectivity index (χ0n) is 41.8. The first kappa shape index (κ1) is 49.7. The van der Waals surface area contributed by atoms with E-state index >= 15 is 19.2 Å². The van der Waals surface area contributed by atoms with Crippen molar-refractivity contribution in [1.82, 2.24) is 20.1 Å². The number of urea groups is 1. The Morgan fingerprint density at radius 2 is 1.47 bits per heavy atom. The highest BCUT2D eigenvalue weighted by molar-refractivity contribution is 7.22. The normalized spacial score (nSPS) is 21.1. The number of fused-ring (bicyclic) bond motifs is 4. The number of esters is 1. The SMILES string of the molecule is C[C@@H](NC(=O)N1C(=O)[C@@]2(c3cc(C#CCN(C)Cc4ccccc4)ccc31)[C@H](C(=O)Nc1nc3ccccc3s1)[C@H]1C(=O)O[C@H](c3ccccc3)[C@H](c3ccccc3)N1[C@@H]2c1ccccc1OCCO)c1ccccc1. The molecule has 4 heterocycles. The minimum atomic E-state index is -2.10. The molecule has 0 aliphatic carbocycles. The second kappa shape index (κ2) is 21.4. The summed E-state index contributed by atoms with van der Waals surface area (Å²) in [5, 5.41) is 16.7. The highest BCUT2D eigenvalue weighted by Crippen LogP contribution is 2.67. The van der Waals surface area contributed by atoms with E-state index in [1.807, 2.05) is 164 Å². The number of carbonyl (C=O) groups is 4. The van der Waals surface area contributed by atoms with Crippen LogP contribution in [-0.2, 0) is 31.1 Å². The van der Waals surface area contributed by atoms with E-state index in [1.54, 1.807) is 30.3 Å². The minimum absolute atomic E-state index is 0.104. The monoisotopic (exact) mass is 1030 g/mol. The fourth-order valence-corrected chi connectivity index (χ4v) is 12.2. The summed E-state index contributed by atoms with van der Waals surface area (Å²) in [6.45, 7) is 2.47. The molecule has 4 amide bonds. The van der Waals surface area contributed by atoms with Crippen LogP contribution in [0.5, 0.6) is 5.75 Å². The van der Waals surface area contributed by atoms with Gasteiger partial charge in [0.15, 0.2) is 5.13 Å². The predicted octanol–water partition coefficient (Wildman–Crippen LogP) is 9.93. The number of rotatable bonds is 13. The number of para-hydroxylation sites is 2. The third-order valence-electron chi connectivity index (χ3n) is 14.5. The first-order valence-electron chi connectivity index (χ1n) is 25.3. The number of imide groups is 1. The molecule has 11 rings (SSSR count). The maximum absolute atomic E-state index is 17.0. The van der Waals surface area contributed by atoms with E-state index in [0.29, 0.717) is 46.6 Å². The largest absolute Gasteiger partial charge is 0.491 e. The molecule has 2 saturated heterocycles. The van der Waals surface area contributed by atoms with Crippen LogP contribution in [-0.4, -0.2) is 76.6 Å². The lowest BCUT2D eigenvalue weighted by atomic mass is 9.65. The van der Waals surface area contributed by atoms with Crippen LogP contribution in [0.1, 0.15) is 70.1 Å². The second-order valence-electron chi connectivity index (χ2n) is 19.3. The molecule has 0 saturated carbocycles. The number of aliphatic hydroxyl groups excluding tert-OH is 1. The summed E-state index contributed by atoms with van der Waals surface area (Å²) in [7, 11) is 1.99. The Morgan fingerprint density at radius 1 is 0.816 bits per heavy atom. The number of anilines is 2. The number of benzene rings is 7. The van der Waals surface area contributed by atoms with Gasteiger partial charge < -0.3 is 25.2 Å². The number of aliphatic hydroxyl groups is 1. The summed E-state index contributed by atoms with van der Waals surface area (Å²) in [5.74, 6) is 3.21. The Labute approximate surface area is 444 Å². The number of amides is 4. The van der Waals surface area contributed by atoms with Gasteiger partial charge in [0, 0.05) is 17.7 Å². The number of nitrogens with zero attached hydrogens (tertiary/aromatic N) is 4. The number of hydrogen-bond acceptors (Lipinski definition) is 11. The van der Waals surface area contributed by atoms with E-state index in [1.165, 1.54) is 11.3 Å². The Bertz CT molecular complexity index is 3460. The molecule has 7 atom stereocenters. The lowest BCUT2D eigenvalue weighted by Crippen LogP contribution is -2.55. The molecule has 1 aromatic heterocycles. The van der Waals surface area contributed by atoms with Gasteiger partial charge in [-0.2, -0.15) is 0 Å². The van der Waals surface area contributed by atoms with Crippen molar-refractivity contribution >= 4 is 56.2 Å². The summed E-state index contributed by atoms with van der Waals surface area (Å²) < 4.78 is 13.9. The van der Waals surface area contributed by atoms with E-state index in [-0.39, 0.29) is 24.0 Å². The fraction of sp³-hybridized carbons (Fsp3) is 0.210. The summed E-state index contributed by atoms with van der Waals surface area (Å²) in [4.78, 5) is 74.2. The van der Waals surface area contributed by atoms with Crippen LogP contribution in [0.2, 0.25) is 0 Å². The third kappa shape index (κ3) is 9.17. The molecule has 76 heavy (non-hydrogen) atoms. The summed E-state index contributed by atoms with van der Waals surface area (Å²) in [6.07, 6.45) is -0.948. The molecule has 380 valence electrons. The number of aromatic nitrogens is 1. The van der Waals surface area contributed by atoms with Gasteiger partial charge in [-0.1, -0.05) is 175 Å². The number of carbonyl (C=O) groups excluding carboxylic acids is 4. The topological polar surface area (TPSA) is 154 Å². The molecule has 2 fully saturated rings. The third-order valence-corrected chi connectivity index (χ3v) is 15.5. The number of nitrogens with one attached hydrogen (secondary N) is 2. The quantitative estimate of drug-likeness (QED) is 0.0752. The lowest BCUT2D eigenvalue weighted by Gasteiger charge is -2.46. The number of cyclic esters (lactones) is 1. The first-order valence-corrected chi connectivity index (χ1v) is 26.1. The molecule has 3 aliphatic heterocycles. The standard InChI is InChI=1S/C62H54N6O7S/c1-40(43-23-9-4-10-24-43)63-61(73)67-49-34-33-41(22-19-35-66(2)39-42-20-7-3-8-21-42)38-47(49)62(59(67)72)52(57(70)65-60-64-48-30-16-18-32-51(48)76-60)54-58(71)75-55(45-27-13-6-14-28-45)53(44-25-11-5-12-26-44)68(54)56(62)46-29-15-17-31-50(46)74-37-36-69/h3-18,20-21,23-34,38,40,52-56,69H,35-37,39H2,1-2H3,(H,63,73)(H,64,65,70)/t40-,52+,53+,54+,55-,56-,62+/m1/s1. The van der Waals surface area contributed by atoms with Crippen LogP contribution in [0, 0.1) is 17.8 Å². The van der Waals surface area contributed by atoms with Gasteiger partial charge in [-0.15, -0.1) is 0 Å². The molecule has 3 aliphatic rings.